The van der Waals surface area contributed by atoms with Gasteiger partial charge in [-0.25, -0.2) is 13.2 Å². The summed E-state index contributed by atoms with van der Waals surface area (Å²) in [5, 5.41) is 6.12. The monoisotopic (exact) mass is 257 g/mol. The van der Waals surface area contributed by atoms with Crippen LogP contribution in [-0.4, -0.2) is 25.1 Å². The summed E-state index contributed by atoms with van der Waals surface area (Å²) in [4.78, 5) is 4.18. The standard InChI is InChI=1S/C12H14F3N3/c1-7-6-17-12(18-7)16-3-2-8-4-9(13)11(15)10(14)5-8/h4-5,7H,2-3,6H2,1H3,(H2,16,17,18). The van der Waals surface area contributed by atoms with Crippen LogP contribution in [0.1, 0.15) is 12.5 Å². The van der Waals surface area contributed by atoms with Crippen LogP contribution in [0.5, 0.6) is 0 Å². The van der Waals surface area contributed by atoms with E-state index < -0.39 is 17.5 Å². The van der Waals surface area contributed by atoms with Crippen molar-refractivity contribution in [1.82, 2.24) is 10.6 Å². The van der Waals surface area contributed by atoms with Crippen molar-refractivity contribution >= 4 is 5.96 Å². The van der Waals surface area contributed by atoms with Crippen molar-refractivity contribution in [2.75, 3.05) is 13.1 Å². The van der Waals surface area contributed by atoms with Gasteiger partial charge in [0, 0.05) is 12.6 Å². The average Bonchev–Trinajstić information content (AvgIpc) is 2.72. The predicted molar refractivity (Wildman–Crippen MR) is 62.9 cm³/mol. The molecule has 0 fully saturated rings. The number of hydrogen-bond acceptors (Lipinski definition) is 3. The molecule has 18 heavy (non-hydrogen) atoms. The van der Waals surface area contributed by atoms with Crippen molar-refractivity contribution in [2.24, 2.45) is 4.99 Å². The first-order valence-corrected chi connectivity index (χ1v) is 5.74. The van der Waals surface area contributed by atoms with Gasteiger partial charge in [0.25, 0.3) is 0 Å². The summed E-state index contributed by atoms with van der Waals surface area (Å²) in [5.74, 6) is -3.06. The third kappa shape index (κ3) is 2.94. The van der Waals surface area contributed by atoms with Crippen molar-refractivity contribution in [3.05, 3.63) is 35.1 Å². The minimum Gasteiger partial charge on any atom is -0.356 e. The first-order chi connectivity index (χ1) is 8.56. The predicted octanol–water partition coefficient (Wildman–Crippen LogP) is 1.58. The van der Waals surface area contributed by atoms with Crippen molar-refractivity contribution in [3.8, 4) is 0 Å². The highest BCUT2D eigenvalue weighted by Gasteiger charge is 2.12. The molecule has 6 heteroatoms. The molecule has 2 rings (SSSR count). The molecule has 0 radical (unpaired) electrons. The van der Waals surface area contributed by atoms with Crippen LogP contribution in [-0.2, 0) is 6.42 Å². The maximum Gasteiger partial charge on any atom is 0.194 e. The summed E-state index contributed by atoms with van der Waals surface area (Å²) in [6, 6.07) is 2.31. The highest BCUT2D eigenvalue weighted by Crippen LogP contribution is 2.13. The molecule has 1 aromatic carbocycles. The number of benzene rings is 1. The van der Waals surface area contributed by atoms with Gasteiger partial charge in [-0.2, -0.15) is 0 Å². The van der Waals surface area contributed by atoms with Crippen LogP contribution < -0.4 is 10.6 Å². The van der Waals surface area contributed by atoms with Crippen LogP contribution in [0.2, 0.25) is 0 Å². The smallest absolute Gasteiger partial charge is 0.194 e. The number of hydrogen-bond donors (Lipinski definition) is 2. The molecule has 0 aromatic heterocycles. The van der Waals surface area contributed by atoms with Gasteiger partial charge in [-0.15, -0.1) is 0 Å². The molecule has 0 saturated carbocycles. The fourth-order valence-electron chi connectivity index (χ4n) is 1.74. The van der Waals surface area contributed by atoms with Crippen LogP contribution in [0.3, 0.4) is 0 Å². The summed E-state index contributed by atoms with van der Waals surface area (Å²) in [5.41, 5.74) is 0.408. The summed E-state index contributed by atoms with van der Waals surface area (Å²) in [6.07, 6.45) is 0.392. The molecular weight excluding hydrogens is 243 g/mol. The van der Waals surface area contributed by atoms with Gasteiger partial charge in [0.1, 0.15) is 0 Å². The van der Waals surface area contributed by atoms with Gasteiger partial charge in [-0.05, 0) is 31.0 Å². The Bertz CT molecular complexity index is 451. The average molecular weight is 257 g/mol. The highest BCUT2D eigenvalue weighted by molar-refractivity contribution is 5.81. The molecule has 1 unspecified atom stereocenters. The molecule has 3 nitrogen and oxygen atoms in total. The van der Waals surface area contributed by atoms with Crippen LogP contribution >= 0.6 is 0 Å². The van der Waals surface area contributed by atoms with E-state index in [1.54, 1.807) is 0 Å². The minimum atomic E-state index is -1.43. The number of aliphatic imine (C=N–C) groups is 1. The Kier molecular flexibility index (Phi) is 3.74. The summed E-state index contributed by atoms with van der Waals surface area (Å²) >= 11 is 0. The fourth-order valence-corrected chi connectivity index (χ4v) is 1.74. The van der Waals surface area contributed by atoms with Gasteiger partial charge in [0.15, 0.2) is 23.4 Å². The molecule has 0 bridgehead atoms. The molecule has 0 aliphatic carbocycles. The highest BCUT2D eigenvalue weighted by atomic mass is 19.2. The van der Waals surface area contributed by atoms with E-state index in [0.29, 0.717) is 37.1 Å². The second kappa shape index (κ2) is 5.29. The van der Waals surface area contributed by atoms with Gasteiger partial charge in [0.2, 0.25) is 0 Å². The molecule has 0 saturated heterocycles. The van der Waals surface area contributed by atoms with E-state index in [0.717, 1.165) is 12.1 Å². The Morgan fingerprint density at radius 3 is 2.56 bits per heavy atom. The van der Waals surface area contributed by atoms with Gasteiger partial charge >= 0.3 is 0 Å². The zero-order chi connectivity index (χ0) is 13.1. The summed E-state index contributed by atoms with van der Waals surface area (Å²) < 4.78 is 38.6. The lowest BCUT2D eigenvalue weighted by atomic mass is 10.1. The largest absolute Gasteiger partial charge is 0.356 e. The summed E-state index contributed by atoms with van der Waals surface area (Å²) in [6.45, 7) is 3.19. The molecule has 1 aliphatic rings. The first-order valence-electron chi connectivity index (χ1n) is 5.74. The second-order valence-electron chi connectivity index (χ2n) is 4.28. The minimum absolute atomic E-state index is 0.299. The van der Waals surface area contributed by atoms with Crippen LogP contribution in [0.4, 0.5) is 13.2 Å². The third-order valence-electron chi connectivity index (χ3n) is 2.66. The molecule has 1 heterocycles. The van der Waals surface area contributed by atoms with Gasteiger partial charge in [-0.1, -0.05) is 0 Å². The number of nitrogens with zero attached hydrogens (tertiary/aromatic N) is 1. The maximum atomic E-state index is 12.9. The first kappa shape index (κ1) is 12.7. The number of halogens is 3. The number of guanidine groups is 1. The molecule has 98 valence electrons. The SMILES string of the molecule is CC1CN=C(NCCc2cc(F)c(F)c(F)c2)N1. The lowest BCUT2D eigenvalue weighted by Crippen LogP contribution is -2.38. The van der Waals surface area contributed by atoms with E-state index in [1.165, 1.54) is 0 Å². The lowest BCUT2D eigenvalue weighted by molar-refractivity contribution is 0.445. The topological polar surface area (TPSA) is 36.4 Å². The van der Waals surface area contributed by atoms with Gasteiger partial charge in [0.05, 0.1) is 6.54 Å². The van der Waals surface area contributed by atoms with E-state index in [-0.39, 0.29) is 0 Å². The Morgan fingerprint density at radius 1 is 1.33 bits per heavy atom. The molecule has 2 N–H and O–H groups in total. The Balaban J connectivity index is 1.87. The van der Waals surface area contributed by atoms with Crippen LogP contribution in [0.15, 0.2) is 17.1 Å². The molecule has 0 spiro atoms. The molecule has 1 atom stereocenters. The molecule has 1 aromatic rings. The van der Waals surface area contributed by atoms with Gasteiger partial charge in [-0.3, -0.25) is 4.99 Å². The molecular formula is C12H14F3N3. The molecule has 0 amide bonds. The Morgan fingerprint density at radius 2 is 2.00 bits per heavy atom. The van der Waals surface area contributed by atoms with E-state index in [1.807, 2.05) is 6.92 Å². The zero-order valence-electron chi connectivity index (χ0n) is 9.93. The van der Waals surface area contributed by atoms with Gasteiger partial charge < -0.3 is 10.6 Å². The van der Waals surface area contributed by atoms with Crippen molar-refractivity contribution < 1.29 is 13.2 Å². The second-order valence-corrected chi connectivity index (χ2v) is 4.28. The van der Waals surface area contributed by atoms with E-state index in [9.17, 15) is 13.2 Å². The van der Waals surface area contributed by atoms with Crippen molar-refractivity contribution in [3.63, 3.8) is 0 Å². The number of rotatable bonds is 3. The van der Waals surface area contributed by atoms with E-state index in [2.05, 4.69) is 15.6 Å². The summed E-state index contributed by atoms with van der Waals surface area (Å²) in [7, 11) is 0. The lowest BCUT2D eigenvalue weighted by Gasteiger charge is -2.09. The van der Waals surface area contributed by atoms with Crippen LogP contribution in [0, 0.1) is 17.5 Å². The quantitative estimate of drug-likeness (QED) is 0.807. The molecule has 1 aliphatic heterocycles. The number of nitrogens with one attached hydrogen (secondary N) is 2. The maximum absolute atomic E-state index is 12.9. The normalized spacial score (nSPS) is 18.4. The Hall–Kier alpha value is -1.72. The van der Waals surface area contributed by atoms with E-state index >= 15 is 0 Å². The Labute approximate surface area is 103 Å². The zero-order valence-corrected chi connectivity index (χ0v) is 9.93. The van der Waals surface area contributed by atoms with E-state index in [4.69, 9.17) is 0 Å². The third-order valence-corrected chi connectivity index (χ3v) is 2.66. The van der Waals surface area contributed by atoms with Crippen molar-refractivity contribution in [1.29, 1.82) is 0 Å². The van der Waals surface area contributed by atoms with Crippen LogP contribution in [0.25, 0.3) is 0 Å². The fraction of sp³-hybridized carbons (Fsp3) is 0.417. The van der Waals surface area contributed by atoms with Crippen molar-refractivity contribution in [2.45, 2.75) is 19.4 Å².